The highest BCUT2D eigenvalue weighted by Gasteiger charge is 2.38. The average molecular weight is 432 g/mol. The van der Waals surface area contributed by atoms with Crippen LogP contribution in [0.5, 0.6) is 5.75 Å². The maximum absolute atomic E-state index is 13.3. The van der Waals surface area contributed by atoms with Crippen LogP contribution in [0.3, 0.4) is 0 Å². The number of carbonyl (C=O) groups is 2. The largest absolute Gasteiger partial charge is 0.494 e. The Bertz CT molecular complexity index is 1030. The lowest BCUT2D eigenvalue weighted by Crippen LogP contribution is -2.38. The molecule has 0 fully saturated rings. The Hall–Kier alpha value is -2.88. The Morgan fingerprint density at radius 1 is 0.906 bits per heavy atom. The summed E-state index contributed by atoms with van der Waals surface area (Å²) in [5.74, 6) is 0.898. The van der Waals surface area contributed by atoms with Gasteiger partial charge in [0.05, 0.1) is 6.61 Å². The van der Waals surface area contributed by atoms with Gasteiger partial charge in [-0.3, -0.25) is 9.59 Å². The van der Waals surface area contributed by atoms with Crippen LogP contribution in [0, 0.1) is 0 Å². The van der Waals surface area contributed by atoms with Crippen LogP contribution in [0.15, 0.2) is 59.8 Å². The molecule has 0 bridgehead atoms. The van der Waals surface area contributed by atoms with Crippen molar-refractivity contribution in [3.63, 3.8) is 0 Å². The Balaban J connectivity index is 1.59. The maximum Gasteiger partial charge on any atom is 0.225 e. The second-order valence-electron chi connectivity index (χ2n) is 10.0. The predicted molar refractivity (Wildman–Crippen MR) is 127 cm³/mol. The smallest absolute Gasteiger partial charge is 0.225 e. The van der Waals surface area contributed by atoms with Gasteiger partial charge in [-0.05, 0) is 53.0 Å². The fourth-order valence-electron chi connectivity index (χ4n) is 4.75. The van der Waals surface area contributed by atoms with E-state index in [0.717, 1.165) is 34.6 Å². The zero-order chi connectivity index (χ0) is 22.9. The van der Waals surface area contributed by atoms with Gasteiger partial charge >= 0.3 is 0 Å². The van der Waals surface area contributed by atoms with E-state index >= 15 is 0 Å². The second-order valence-corrected chi connectivity index (χ2v) is 10.0. The van der Waals surface area contributed by atoms with Crippen molar-refractivity contribution in [3.05, 3.63) is 76.5 Å². The van der Waals surface area contributed by atoms with Crippen LogP contribution >= 0.6 is 0 Å². The van der Waals surface area contributed by atoms with Crippen LogP contribution < -0.4 is 10.1 Å². The van der Waals surface area contributed by atoms with Crippen LogP contribution in [0.1, 0.15) is 81.9 Å². The van der Waals surface area contributed by atoms with Crippen molar-refractivity contribution in [3.8, 4) is 5.75 Å². The van der Waals surface area contributed by atoms with E-state index in [9.17, 15) is 9.59 Å². The number of hydrogen-bond donors (Lipinski definition) is 1. The van der Waals surface area contributed by atoms with Gasteiger partial charge in [-0.2, -0.15) is 0 Å². The number of amides is 1. The Morgan fingerprint density at radius 2 is 1.56 bits per heavy atom. The Morgan fingerprint density at radius 3 is 2.19 bits per heavy atom. The molecule has 0 spiro atoms. The first-order valence-corrected chi connectivity index (χ1v) is 11.7. The van der Waals surface area contributed by atoms with Gasteiger partial charge in [-0.25, -0.2) is 0 Å². The zero-order valence-corrected chi connectivity index (χ0v) is 19.5. The number of allylic oxidation sites excluding steroid dienone is 2. The van der Waals surface area contributed by atoms with Crippen LogP contribution in [0.25, 0.3) is 0 Å². The number of benzene rings is 2. The topological polar surface area (TPSA) is 55.4 Å². The molecule has 0 saturated heterocycles. The fraction of sp³-hybridized carbons (Fsp3) is 0.429. The van der Waals surface area contributed by atoms with Crippen molar-refractivity contribution in [2.24, 2.45) is 0 Å². The summed E-state index contributed by atoms with van der Waals surface area (Å²) in [5, 5.41) is 3.02. The highest BCUT2D eigenvalue weighted by Crippen LogP contribution is 2.43. The average Bonchev–Trinajstić information content (AvgIpc) is 2.76. The van der Waals surface area contributed by atoms with Crippen LogP contribution in [-0.4, -0.2) is 18.3 Å². The molecule has 4 rings (SSSR count). The summed E-state index contributed by atoms with van der Waals surface area (Å²) >= 11 is 0. The van der Waals surface area contributed by atoms with Gasteiger partial charge in [0.25, 0.3) is 0 Å². The molecule has 0 radical (unpaired) electrons. The highest BCUT2D eigenvalue weighted by atomic mass is 16.5. The van der Waals surface area contributed by atoms with E-state index in [1.807, 2.05) is 24.3 Å². The lowest BCUT2D eigenvalue weighted by atomic mass is 9.73. The van der Waals surface area contributed by atoms with E-state index < -0.39 is 0 Å². The Kier molecular flexibility index (Phi) is 6.23. The number of rotatable bonds is 5. The molecular formula is C28H33NO3. The van der Waals surface area contributed by atoms with Crippen molar-refractivity contribution in [2.75, 3.05) is 6.61 Å². The zero-order valence-electron chi connectivity index (χ0n) is 19.5. The maximum atomic E-state index is 13.3. The molecular weight excluding hydrogens is 398 g/mol. The second kappa shape index (κ2) is 8.93. The van der Waals surface area contributed by atoms with Gasteiger partial charge in [0, 0.05) is 30.0 Å². The fourth-order valence-corrected chi connectivity index (χ4v) is 4.75. The van der Waals surface area contributed by atoms with Gasteiger partial charge < -0.3 is 10.1 Å². The lowest BCUT2D eigenvalue weighted by molar-refractivity contribution is -0.122. The normalized spacial score (nSPS) is 21.2. The van der Waals surface area contributed by atoms with Gasteiger partial charge in [0.15, 0.2) is 5.78 Å². The lowest BCUT2D eigenvalue weighted by Gasteiger charge is -2.34. The SMILES string of the molecule is CCCOc1ccc(C2CC(=O)C3=C(C2)NC(=O)CC3c2ccc(C(C)(C)C)cc2)cc1. The van der Waals surface area contributed by atoms with E-state index in [-0.39, 0.29) is 28.9 Å². The summed E-state index contributed by atoms with van der Waals surface area (Å²) in [5.41, 5.74) is 5.07. The monoisotopic (exact) mass is 431 g/mol. The molecule has 168 valence electrons. The third-order valence-electron chi connectivity index (χ3n) is 6.54. The van der Waals surface area contributed by atoms with Gasteiger partial charge in [-0.15, -0.1) is 0 Å². The summed E-state index contributed by atoms with van der Waals surface area (Å²) in [4.78, 5) is 25.9. The van der Waals surface area contributed by atoms with Crippen LogP contribution in [0.2, 0.25) is 0 Å². The summed E-state index contributed by atoms with van der Waals surface area (Å²) in [6.07, 6.45) is 2.45. The number of carbonyl (C=O) groups excluding carboxylic acids is 2. The Labute approximate surface area is 191 Å². The molecule has 0 saturated carbocycles. The molecule has 2 aliphatic rings. The van der Waals surface area contributed by atoms with Crippen molar-refractivity contribution in [1.82, 2.24) is 5.32 Å². The summed E-state index contributed by atoms with van der Waals surface area (Å²) in [7, 11) is 0. The van der Waals surface area contributed by atoms with Crippen molar-refractivity contribution < 1.29 is 14.3 Å². The number of ketones is 1. The molecule has 1 aliphatic carbocycles. The first kappa shape index (κ1) is 22.3. The minimum Gasteiger partial charge on any atom is -0.494 e. The minimum atomic E-state index is -0.161. The molecule has 4 heteroatoms. The van der Waals surface area contributed by atoms with Gasteiger partial charge in [-0.1, -0.05) is 64.1 Å². The molecule has 1 aliphatic heterocycles. The number of ether oxygens (including phenoxy) is 1. The number of nitrogens with one attached hydrogen (secondary N) is 1. The molecule has 2 aromatic carbocycles. The van der Waals surface area contributed by atoms with Crippen LogP contribution in [0.4, 0.5) is 0 Å². The molecule has 0 aromatic heterocycles. The molecule has 1 N–H and O–H groups in total. The van der Waals surface area contributed by atoms with Crippen molar-refractivity contribution >= 4 is 11.7 Å². The highest BCUT2D eigenvalue weighted by molar-refractivity contribution is 6.02. The number of Topliss-reactive ketones (excluding diaryl/α,β-unsaturated/α-hetero) is 1. The molecule has 4 nitrogen and oxygen atoms in total. The first-order chi connectivity index (χ1) is 15.3. The predicted octanol–water partition coefficient (Wildman–Crippen LogP) is 5.78. The van der Waals surface area contributed by atoms with E-state index in [2.05, 4.69) is 57.3 Å². The van der Waals surface area contributed by atoms with E-state index in [0.29, 0.717) is 25.9 Å². The van der Waals surface area contributed by atoms with Gasteiger partial charge in [0.1, 0.15) is 5.75 Å². The molecule has 2 unspecified atom stereocenters. The van der Waals surface area contributed by atoms with E-state index in [1.165, 1.54) is 5.56 Å². The minimum absolute atomic E-state index is 0.00888. The van der Waals surface area contributed by atoms with Gasteiger partial charge in [0.2, 0.25) is 5.91 Å². The number of hydrogen-bond acceptors (Lipinski definition) is 3. The summed E-state index contributed by atoms with van der Waals surface area (Å²) in [6.45, 7) is 9.33. The van der Waals surface area contributed by atoms with Crippen molar-refractivity contribution in [1.29, 1.82) is 0 Å². The van der Waals surface area contributed by atoms with Crippen molar-refractivity contribution in [2.45, 2.75) is 70.6 Å². The van der Waals surface area contributed by atoms with E-state index in [4.69, 9.17) is 4.74 Å². The molecule has 1 heterocycles. The summed E-state index contributed by atoms with van der Waals surface area (Å²) in [6, 6.07) is 16.5. The molecule has 2 aromatic rings. The standard InChI is InChI=1S/C28H33NO3/c1-5-14-32-22-12-8-18(9-13-22)20-15-24-27(25(30)16-20)23(17-26(31)29-24)19-6-10-21(11-7-19)28(2,3)4/h6-13,20,23H,5,14-17H2,1-4H3,(H,29,31). The molecule has 1 amide bonds. The molecule has 2 atom stereocenters. The quantitative estimate of drug-likeness (QED) is 0.653. The third-order valence-corrected chi connectivity index (χ3v) is 6.54. The van der Waals surface area contributed by atoms with E-state index in [1.54, 1.807) is 0 Å². The molecule has 32 heavy (non-hydrogen) atoms. The summed E-state index contributed by atoms with van der Waals surface area (Å²) < 4.78 is 5.68. The first-order valence-electron chi connectivity index (χ1n) is 11.7. The van der Waals surface area contributed by atoms with Crippen LogP contribution in [-0.2, 0) is 15.0 Å². The third kappa shape index (κ3) is 4.64.